The highest BCUT2D eigenvalue weighted by Gasteiger charge is 2.32. The molecule has 2 nitrogen and oxygen atoms in total. The van der Waals surface area contributed by atoms with Crippen LogP contribution in [0.1, 0.15) is 42.5 Å². The third kappa shape index (κ3) is 3.12. The molecule has 126 valence electrons. The fourth-order valence-corrected chi connectivity index (χ4v) is 4.49. The molecular weight excluding hydrogens is 314 g/mol. The molecule has 2 aromatic rings. The molecule has 0 radical (unpaired) electrons. The van der Waals surface area contributed by atoms with Gasteiger partial charge in [-0.1, -0.05) is 24.6 Å². The summed E-state index contributed by atoms with van der Waals surface area (Å²) in [6, 6.07) is 13.4. The van der Waals surface area contributed by atoms with Crippen LogP contribution in [-0.2, 0) is 0 Å². The van der Waals surface area contributed by atoms with Crippen molar-refractivity contribution in [1.82, 2.24) is 4.90 Å². The van der Waals surface area contributed by atoms with E-state index in [4.69, 9.17) is 0 Å². The Morgan fingerprint density at radius 2 is 1.83 bits per heavy atom. The SMILES string of the molecule is CSc1ccc2cc(C(=O)C3CCCN(C4CCC4)C3)ccc2c1. The van der Waals surface area contributed by atoms with E-state index in [1.807, 2.05) is 6.07 Å². The lowest BCUT2D eigenvalue weighted by atomic mass is 9.85. The Balaban J connectivity index is 1.53. The van der Waals surface area contributed by atoms with E-state index in [2.05, 4.69) is 41.5 Å². The molecular formula is C21H25NOS. The molecule has 24 heavy (non-hydrogen) atoms. The van der Waals surface area contributed by atoms with Crippen molar-refractivity contribution in [3.8, 4) is 0 Å². The standard InChI is InChI=1S/C21H25NOS/c1-24-20-10-9-15-12-17(8-7-16(15)13-20)21(23)18-4-3-11-22(14-18)19-5-2-6-19/h7-10,12-13,18-19H,2-6,11,14H2,1H3. The van der Waals surface area contributed by atoms with E-state index < -0.39 is 0 Å². The number of hydrogen-bond acceptors (Lipinski definition) is 3. The Hall–Kier alpha value is -1.32. The zero-order valence-corrected chi connectivity index (χ0v) is 15.1. The van der Waals surface area contributed by atoms with Crippen LogP contribution in [0.15, 0.2) is 41.3 Å². The molecule has 1 aliphatic carbocycles. The van der Waals surface area contributed by atoms with Crippen LogP contribution in [-0.4, -0.2) is 36.1 Å². The van der Waals surface area contributed by atoms with Gasteiger partial charge in [0.25, 0.3) is 0 Å². The lowest BCUT2D eigenvalue weighted by molar-refractivity contribution is 0.0612. The summed E-state index contributed by atoms with van der Waals surface area (Å²) in [5.74, 6) is 0.525. The number of carbonyl (C=O) groups excluding carboxylic acids is 1. The topological polar surface area (TPSA) is 20.3 Å². The largest absolute Gasteiger partial charge is 0.300 e. The van der Waals surface area contributed by atoms with Gasteiger partial charge in [-0.3, -0.25) is 9.69 Å². The summed E-state index contributed by atoms with van der Waals surface area (Å²) in [6.07, 6.45) is 8.32. The summed E-state index contributed by atoms with van der Waals surface area (Å²) in [7, 11) is 0. The number of carbonyl (C=O) groups is 1. The number of ketones is 1. The van der Waals surface area contributed by atoms with Crippen molar-refractivity contribution >= 4 is 28.3 Å². The minimum Gasteiger partial charge on any atom is -0.300 e. The van der Waals surface area contributed by atoms with Crippen molar-refractivity contribution in [1.29, 1.82) is 0 Å². The Labute approximate surface area is 148 Å². The molecule has 4 rings (SSSR count). The molecule has 0 aromatic heterocycles. The first kappa shape index (κ1) is 16.2. The Kier molecular flexibility index (Phi) is 4.64. The zero-order valence-electron chi connectivity index (χ0n) is 14.3. The number of fused-ring (bicyclic) bond motifs is 1. The van der Waals surface area contributed by atoms with Crippen molar-refractivity contribution in [3.05, 3.63) is 42.0 Å². The fraction of sp³-hybridized carbons (Fsp3) is 0.476. The monoisotopic (exact) mass is 339 g/mol. The highest BCUT2D eigenvalue weighted by Crippen LogP contribution is 2.31. The van der Waals surface area contributed by atoms with Crippen LogP contribution in [0, 0.1) is 5.92 Å². The second-order valence-corrected chi connectivity index (χ2v) is 8.09. The number of piperidine rings is 1. The average molecular weight is 340 g/mol. The van der Waals surface area contributed by atoms with Gasteiger partial charge in [-0.2, -0.15) is 0 Å². The predicted octanol–water partition coefficient (Wildman–Crippen LogP) is 5.01. The Morgan fingerprint density at radius 1 is 1.04 bits per heavy atom. The molecule has 0 amide bonds. The summed E-state index contributed by atoms with van der Waals surface area (Å²) >= 11 is 1.75. The van der Waals surface area contributed by atoms with Gasteiger partial charge in [0.15, 0.2) is 5.78 Å². The van der Waals surface area contributed by atoms with Crippen LogP contribution in [0.3, 0.4) is 0 Å². The summed E-state index contributed by atoms with van der Waals surface area (Å²) in [6.45, 7) is 2.15. The van der Waals surface area contributed by atoms with Crippen LogP contribution >= 0.6 is 11.8 Å². The van der Waals surface area contributed by atoms with Gasteiger partial charge >= 0.3 is 0 Å². The molecule has 1 saturated heterocycles. The third-order valence-corrected chi connectivity index (χ3v) is 6.47. The first-order chi connectivity index (χ1) is 11.7. The fourth-order valence-electron chi connectivity index (χ4n) is 4.04. The number of Topliss-reactive ketones (excluding diaryl/α,β-unsaturated/α-hetero) is 1. The quantitative estimate of drug-likeness (QED) is 0.577. The molecule has 0 N–H and O–H groups in total. The van der Waals surface area contributed by atoms with E-state index in [-0.39, 0.29) is 5.92 Å². The average Bonchev–Trinajstić information content (AvgIpc) is 2.59. The number of thioether (sulfide) groups is 1. The zero-order chi connectivity index (χ0) is 16.5. The van der Waals surface area contributed by atoms with Crippen molar-refractivity contribution in [2.45, 2.75) is 43.0 Å². The summed E-state index contributed by atoms with van der Waals surface area (Å²) in [5.41, 5.74) is 0.889. The van der Waals surface area contributed by atoms with Crippen LogP contribution < -0.4 is 0 Å². The maximum atomic E-state index is 13.0. The van der Waals surface area contributed by atoms with Crippen molar-refractivity contribution in [2.75, 3.05) is 19.3 Å². The van der Waals surface area contributed by atoms with Crippen molar-refractivity contribution in [3.63, 3.8) is 0 Å². The van der Waals surface area contributed by atoms with Crippen molar-refractivity contribution in [2.24, 2.45) is 5.92 Å². The Bertz CT molecular complexity index is 753. The smallest absolute Gasteiger partial charge is 0.167 e. The molecule has 1 saturated carbocycles. The molecule has 2 aliphatic rings. The number of hydrogen-bond donors (Lipinski definition) is 0. The van der Waals surface area contributed by atoms with E-state index in [1.165, 1.54) is 41.5 Å². The second kappa shape index (κ2) is 6.89. The highest BCUT2D eigenvalue weighted by molar-refractivity contribution is 7.98. The molecule has 0 bridgehead atoms. The molecule has 1 atom stereocenters. The second-order valence-electron chi connectivity index (χ2n) is 7.21. The van der Waals surface area contributed by atoms with Gasteiger partial charge < -0.3 is 0 Å². The van der Waals surface area contributed by atoms with Crippen LogP contribution in [0.5, 0.6) is 0 Å². The minimum absolute atomic E-state index is 0.183. The lowest BCUT2D eigenvalue weighted by Crippen LogP contribution is -2.47. The highest BCUT2D eigenvalue weighted by atomic mass is 32.2. The normalized spacial score (nSPS) is 22.5. The molecule has 1 heterocycles. The molecule has 1 aliphatic heterocycles. The lowest BCUT2D eigenvalue weighted by Gasteiger charge is -2.42. The van der Waals surface area contributed by atoms with E-state index >= 15 is 0 Å². The molecule has 2 fully saturated rings. The summed E-state index contributed by atoms with van der Waals surface area (Å²) < 4.78 is 0. The van der Waals surface area contributed by atoms with Gasteiger partial charge in [0.05, 0.1) is 0 Å². The Morgan fingerprint density at radius 3 is 2.58 bits per heavy atom. The van der Waals surface area contributed by atoms with Crippen LogP contribution in [0.2, 0.25) is 0 Å². The predicted molar refractivity (Wildman–Crippen MR) is 102 cm³/mol. The van der Waals surface area contributed by atoms with Gasteiger partial charge in [0, 0.05) is 29.0 Å². The third-order valence-electron chi connectivity index (χ3n) is 5.75. The minimum atomic E-state index is 0.183. The van der Waals surface area contributed by atoms with E-state index in [9.17, 15) is 4.79 Å². The molecule has 3 heteroatoms. The van der Waals surface area contributed by atoms with Gasteiger partial charge in [0.2, 0.25) is 0 Å². The molecule has 0 spiro atoms. The number of nitrogens with zero attached hydrogens (tertiary/aromatic N) is 1. The first-order valence-corrected chi connectivity index (χ1v) is 10.3. The van der Waals surface area contributed by atoms with Crippen LogP contribution in [0.4, 0.5) is 0 Å². The number of rotatable bonds is 4. The molecule has 2 aromatic carbocycles. The van der Waals surface area contributed by atoms with Gasteiger partial charge in [0.1, 0.15) is 0 Å². The maximum Gasteiger partial charge on any atom is 0.167 e. The maximum absolute atomic E-state index is 13.0. The number of likely N-dealkylation sites (tertiary alicyclic amines) is 1. The van der Waals surface area contributed by atoms with Gasteiger partial charge in [-0.05, 0) is 67.5 Å². The first-order valence-electron chi connectivity index (χ1n) is 9.10. The summed E-state index contributed by atoms with van der Waals surface area (Å²) in [5, 5.41) is 2.39. The van der Waals surface area contributed by atoms with E-state index in [0.717, 1.165) is 31.0 Å². The number of benzene rings is 2. The molecule has 1 unspecified atom stereocenters. The van der Waals surface area contributed by atoms with E-state index in [1.54, 1.807) is 11.8 Å². The van der Waals surface area contributed by atoms with E-state index in [0.29, 0.717) is 5.78 Å². The van der Waals surface area contributed by atoms with Crippen molar-refractivity contribution < 1.29 is 4.79 Å². The summed E-state index contributed by atoms with van der Waals surface area (Å²) in [4.78, 5) is 16.8. The van der Waals surface area contributed by atoms with Gasteiger partial charge in [-0.15, -0.1) is 11.8 Å². The van der Waals surface area contributed by atoms with Crippen LogP contribution in [0.25, 0.3) is 10.8 Å². The van der Waals surface area contributed by atoms with Gasteiger partial charge in [-0.25, -0.2) is 0 Å².